The van der Waals surface area contributed by atoms with Crippen LogP contribution in [0.2, 0.25) is 0 Å². The molecule has 0 spiro atoms. The molecule has 3 saturated heterocycles. The third-order valence-corrected chi connectivity index (χ3v) is 16.7. The van der Waals surface area contributed by atoms with Crippen LogP contribution in [0.3, 0.4) is 0 Å². The zero-order chi connectivity index (χ0) is 61.9. The van der Waals surface area contributed by atoms with Crippen molar-refractivity contribution in [3.63, 3.8) is 0 Å². The summed E-state index contributed by atoms with van der Waals surface area (Å²) in [6, 6.07) is -0.902. The number of amides is 1. The fourth-order valence-corrected chi connectivity index (χ4v) is 11.2. The zero-order valence-electron chi connectivity index (χ0n) is 52.1. The van der Waals surface area contributed by atoms with Gasteiger partial charge in [-0.3, -0.25) is 4.79 Å². The summed E-state index contributed by atoms with van der Waals surface area (Å²) in [6.07, 6.45) is 29.0. The van der Waals surface area contributed by atoms with E-state index >= 15 is 0 Å². The van der Waals surface area contributed by atoms with Gasteiger partial charge in [-0.2, -0.15) is 0 Å². The van der Waals surface area contributed by atoms with Crippen molar-refractivity contribution in [2.45, 2.75) is 336 Å². The van der Waals surface area contributed by atoms with E-state index in [9.17, 15) is 61.0 Å². The number of aliphatic hydroxyl groups is 11. The van der Waals surface area contributed by atoms with Crippen LogP contribution in [-0.2, 0) is 33.2 Å². The van der Waals surface area contributed by atoms with Crippen LogP contribution in [0.1, 0.15) is 232 Å². The molecule has 1 amide bonds. The summed E-state index contributed by atoms with van der Waals surface area (Å²) in [4.78, 5) is 13.4. The predicted molar refractivity (Wildman–Crippen MR) is 328 cm³/mol. The van der Waals surface area contributed by atoms with Gasteiger partial charge in [0.15, 0.2) is 18.9 Å². The van der Waals surface area contributed by atoms with E-state index in [0.717, 1.165) is 77.0 Å². The average molecular weight is 1210 g/mol. The number of carbonyl (C=O) groups excluding carboxylic acids is 1. The van der Waals surface area contributed by atoms with E-state index in [0.29, 0.717) is 12.8 Å². The maximum Gasteiger partial charge on any atom is 0.220 e. The van der Waals surface area contributed by atoms with Crippen LogP contribution in [0.5, 0.6) is 0 Å². The second-order valence-corrected chi connectivity index (χ2v) is 23.9. The predicted octanol–water partition coefficient (Wildman–Crippen LogP) is 7.83. The molecular weight excluding hydrogens is 1090 g/mol. The summed E-state index contributed by atoms with van der Waals surface area (Å²) in [7, 11) is 0. The van der Waals surface area contributed by atoms with Crippen molar-refractivity contribution in [2.24, 2.45) is 0 Å². The van der Waals surface area contributed by atoms with Crippen molar-refractivity contribution in [1.29, 1.82) is 0 Å². The van der Waals surface area contributed by atoms with Gasteiger partial charge in [0, 0.05) is 6.42 Å². The Morgan fingerprint density at radius 3 is 1.27 bits per heavy atom. The van der Waals surface area contributed by atoms with Crippen LogP contribution >= 0.6 is 0 Å². The molecule has 0 aromatic carbocycles. The minimum absolute atomic E-state index is 0.237. The molecule has 0 aromatic rings. The maximum absolute atomic E-state index is 13.4. The molecule has 0 radical (unpaired) electrons. The molecule has 3 rings (SSSR count). The Hall–Kier alpha value is -2.25. The van der Waals surface area contributed by atoms with Crippen LogP contribution in [0.25, 0.3) is 0 Å². The second kappa shape index (κ2) is 48.6. The summed E-state index contributed by atoms with van der Waals surface area (Å²) in [6.45, 7) is 1.67. The SMILES string of the molecule is CC/C=C\C/C=C\C/C=C\C/C=C\CCCCCCC(=O)NC(COC1OC(CO)C(OC2OC(CO)C(OC3OC(CO)C(O)C(O)C3O)C(O)C2O)C(O)C1O)C(O)CCCCCCCCCCCCCCCCCCCCCCCCC. The topological polar surface area (TPSA) is 307 Å². The number of aliphatic hydroxyl groups excluding tert-OH is 11. The standard InChI is InChI=1S/C66H119NO18/c1-3-5-7-9-11-13-15-17-19-21-22-23-24-25-26-28-29-31-33-35-37-39-41-43-50(71)49(67-54(72)44-42-40-38-36-34-32-30-27-20-18-16-14-12-10-8-6-4-2)48-80-64-60(78)57(75)62(52(46-69)82-64)85-66-61(79)58(76)63(53(47-70)83-66)84-65-59(77)56(74)55(73)51(45-68)81-65/h6,8,12,14,18,20,30,32,49-53,55-66,68-71,73-79H,3-5,7,9-11,13,15-17,19,21-29,31,33-48H2,1-2H3,(H,67,72)/b8-6-,14-12-,20-18-,32-30-. The van der Waals surface area contributed by atoms with Gasteiger partial charge in [0.1, 0.15) is 73.2 Å². The van der Waals surface area contributed by atoms with Crippen LogP contribution in [0.4, 0.5) is 0 Å². The van der Waals surface area contributed by atoms with Crippen molar-refractivity contribution in [2.75, 3.05) is 26.4 Å². The third-order valence-electron chi connectivity index (χ3n) is 16.7. The number of hydrogen-bond acceptors (Lipinski definition) is 18. The number of rotatable bonds is 50. The molecule has 3 aliphatic rings. The van der Waals surface area contributed by atoms with Crippen molar-refractivity contribution in [1.82, 2.24) is 5.32 Å². The summed E-state index contributed by atoms with van der Waals surface area (Å²) in [5, 5.41) is 121. The number of unbranched alkanes of at least 4 members (excludes halogenated alkanes) is 26. The van der Waals surface area contributed by atoms with Crippen LogP contribution < -0.4 is 5.32 Å². The molecule has 85 heavy (non-hydrogen) atoms. The number of carbonyl (C=O) groups is 1. The maximum atomic E-state index is 13.4. The van der Waals surface area contributed by atoms with Gasteiger partial charge in [0.25, 0.3) is 0 Å². The van der Waals surface area contributed by atoms with Gasteiger partial charge in [-0.25, -0.2) is 0 Å². The molecular formula is C66H119NO18. The molecule has 0 aliphatic carbocycles. The molecule has 0 bridgehead atoms. The van der Waals surface area contributed by atoms with E-state index in [1.54, 1.807) is 0 Å². The number of hydrogen-bond donors (Lipinski definition) is 12. The lowest BCUT2D eigenvalue weighted by Crippen LogP contribution is -2.66. The van der Waals surface area contributed by atoms with E-state index in [1.165, 1.54) is 122 Å². The first-order valence-corrected chi connectivity index (χ1v) is 33.4. The lowest BCUT2D eigenvalue weighted by Gasteiger charge is -2.48. The molecule has 0 saturated carbocycles. The fourth-order valence-electron chi connectivity index (χ4n) is 11.2. The molecule has 12 N–H and O–H groups in total. The normalized spacial score (nSPS) is 29.3. The van der Waals surface area contributed by atoms with Gasteiger partial charge in [0.2, 0.25) is 5.91 Å². The van der Waals surface area contributed by atoms with E-state index in [-0.39, 0.29) is 18.9 Å². The Morgan fingerprint density at radius 2 is 0.812 bits per heavy atom. The van der Waals surface area contributed by atoms with E-state index in [2.05, 4.69) is 67.8 Å². The highest BCUT2D eigenvalue weighted by Crippen LogP contribution is 2.33. The number of ether oxygens (including phenoxy) is 6. The average Bonchev–Trinajstić information content (AvgIpc) is 3.10. The quantitative estimate of drug-likeness (QED) is 0.0204. The van der Waals surface area contributed by atoms with Gasteiger partial charge >= 0.3 is 0 Å². The van der Waals surface area contributed by atoms with Crippen LogP contribution in [0, 0.1) is 0 Å². The summed E-state index contributed by atoms with van der Waals surface area (Å²) < 4.78 is 34.4. The Balaban J connectivity index is 1.45. The molecule has 3 heterocycles. The van der Waals surface area contributed by atoms with Gasteiger partial charge in [-0.15, -0.1) is 0 Å². The second-order valence-electron chi connectivity index (χ2n) is 23.9. The van der Waals surface area contributed by atoms with Gasteiger partial charge in [-0.1, -0.05) is 223 Å². The highest BCUT2D eigenvalue weighted by atomic mass is 16.8. The van der Waals surface area contributed by atoms with Gasteiger partial charge in [0.05, 0.1) is 38.6 Å². The molecule has 3 fully saturated rings. The van der Waals surface area contributed by atoms with Gasteiger partial charge < -0.3 is 89.9 Å². The molecule has 3 aliphatic heterocycles. The molecule has 496 valence electrons. The lowest BCUT2D eigenvalue weighted by molar-refractivity contribution is -0.379. The van der Waals surface area contributed by atoms with Crippen molar-refractivity contribution in [3.05, 3.63) is 48.6 Å². The fraction of sp³-hybridized carbons (Fsp3) is 0.864. The smallest absolute Gasteiger partial charge is 0.220 e. The summed E-state index contributed by atoms with van der Waals surface area (Å²) in [5.74, 6) is -0.266. The summed E-state index contributed by atoms with van der Waals surface area (Å²) >= 11 is 0. The lowest BCUT2D eigenvalue weighted by atomic mass is 9.96. The first-order valence-electron chi connectivity index (χ1n) is 33.4. The monoisotopic (exact) mass is 1210 g/mol. The van der Waals surface area contributed by atoms with Crippen LogP contribution in [-0.4, -0.2) is 193 Å². The first kappa shape index (κ1) is 77.0. The van der Waals surface area contributed by atoms with Crippen molar-refractivity contribution in [3.8, 4) is 0 Å². The molecule has 17 atom stereocenters. The van der Waals surface area contributed by atoms with Crippen molar-refractivity contribution < 1.29 is 89.4 Å². The molecule has 19 nitrogen and oxygen atoms in total. The molecule has 19 heteroatoms. The highest BCUT2D eigenvalue weighted by Gasteiger charge is 2.53. The minimum atomic E-state index is -1.98. The molecule has 17 unspecified atom stereocenters. The minimum Gasteiger partial charge on any atom is -0.394 e. The largest absolute Gasteiger partial charge is 0.394 e. The Kier molecular flexibility index (Phi) is 44.0. The van der Waals surface area contributed by atoms with E-state index in [1.807, 2.05) is 0 Å². The van der Waals surface area contributed by atoms with Crippen LogP contribution in [0.15, 0.2) is 48.6 Å². The first-order chi connectivity index (χ1) is 41.3. The Morgan fingerprint density at radius 1 is 0.435 bits per heavy atom. The Bertz CT molecular complexity index is 1740. The number of allylic oxidation sites excluding steroid dienone is 8. The van der Waals surface area contributed by atoms with Gasteiger partial charge in [-0.05, 0) is 51.4 Å². The summed E-state index contributed by atoms with van der Waals surface area (Å²) in [5.41, 5.74) is 0. The Labute approximate surface area is 510 Å². The van der Waals surface area contributed by atoms with E-state index in [4.69, 9.17) is 28.4 Å². The van der Waals surface area contributed by atoms with E-state index < -0.39 is 124 Å². The highest BCUT2D eigenvalue weighted by molar-refractivity contribution is 5.76. The van der Waals surface area contributed by atoms with Crippen molar-refractivity contribution >= 4 is 5.91 Å². The molecule has 0 aromatic heterocycles. The zero-order valence-corrected chi connectivity index (χ0v) is 52.1. The third kappa shape index (κ3) is 31.4. The number of nitrogens with one attached hydrogen (secondary N) is 1.